The Morgan fingerprint density at radius 1 is 1.08 bits per heavy atom. The molecule has 1 saturated heterocycles. The number of hydrogen-bond acceptors (Lipinski definition) is 5. The fourth-order valence-electron chi connectivity index (χ4n) is 3.44. The lowest BCUT2D eigenvalue weighted by atomic mass is 9.95. The van der Waals surface area contributed by atoms with Gasteiger partial charge in [-0.05, 0) is 17.7 Å². The fourth-order valence-corrected chi connectivity index (χ4v) is 3.44. The lowest BCUT2D eigenvalue weighted by Crippen LogP contribution is -2.37. The number of carbonyl (C=O) groups is 1. The quantitative estimate of drug-likeness (QED) is 0.753. The van der Waals surface area contributed by atoms with E-state index in [0.29, 0.717) is 24.0 Å². The van der Waals surface area contributed by atoms with E-state index in [0.717, 1.165) is 10.2 Å². The van der Waals surface area contributed by atoms with Gasteiger partial charge in [-0.3, -0.25) is 9.59 Å². The van der Waals surface area contributed by atoms with E-state index < -0.39 is 0 Å². The highest BCUT2D eigenvalue weighted by molar-refractivity contribution is 5.78. The normalized spacial score (nSPS) is 19.8. The predicted molar refractivity (Wildman–Crippen MR) is 97.5 cm³/mol. The molecule has 1 aromatic heterocycles. The summed E-state index contributed by atoms with van der Waals surface area (Å²) in [7, 11) is 0. The van der Waals surface area contributed by atoms with Gasteiger partial charge in [0.25, 0.3) is 5.56 Å². The minimum atomic E-state index is -0.313. The highest BCUT2D eigenvalue weighted by atomic mass is 16.2. The Labute approximate surface area is 150 Å². The third kappa shape index (κ3) is 2.97. The first kappa shape index (κ1) is 16.4. The summed E-state index contributed by atoms with van der Waals surface area (Å²) in [5, 5.41) is 8.36. The Bertz CT molecular complexity index is 1000. The Morgan fingerprint density at radius 2 is 1.81 bits per heavy atom. The van der Waals surface area contributed by atoms with Gasteiger partial charge in [0.15, 0.2) is 0 Å². The van der Waals surface area contributed by atoms with E-state index in [-0.39, 0.29) is 30.0 Å². The molecule has 2 N–H and O–H groups in total. The fraction of sp³-hybridized carbons (Fsp3) is 0.263. The molecule has 7 heteroatoms. The molecule has 0 aliphatic carbocycles. The monoisotopic (exact) mass is 349 g/mol. The predicted octanol–water partition coefficient (Wildman–Crippen LogP) is 0.745. The molecular weight excluding hydrogens is 330 g/mol. The second kappa shape index (κ2) is 6.68. The smallest absolute Gasteiger partial charge is 0.278 e. The molecule has 4 rings (SSSR count). The lowest BCUT2D eigenvalue weighted by Gasteiger charge is -2.16. The second-order valence-corrected chi connectivity index (χ2v) is 6.55. The summed E-state index contributed by atoms with van der Waals surface area (Å²) in [6.45, 7) is 0.874. The molecule has 26 heavy (non-hydrogen) atoms. The van der Waals surface area contributed by atoms with Crippen molar-refractivity contribution in [1.29, 1.82) is 0 Å². The molecular formula is C19H19N5O2. The minimum Gasteiger partial charge on any atom is -0.339 e. The number of nitrogens with zero attached hydrogens (tertiary/aromatic N) is 4. The molecule has 1 amide bonds. The summed E-state index contributed by atoms with van der Waals surface area (Å²) < 4.78 is 1.12. The molecule has 2 atom stereocenters. The average molecular weight is 349 g/mol. The first-order valence-electron chi connectivity index (χ1n) is 8.54. The largest absolute Gasteiger partial charge is 0.339 e. The second-order valence-electron chi connectivity index (χ2n) is 6.55. The highest BCUT2D eigenvalue weighted by Gasteiger charge is 2.34. The number of amides is 1. The first-order valence-corrected chi connectivity index (χ1v) is 8.54. The van der Waals surface area contributed by atoms with Crippen molar-refractivity contribution < 1.29 is 4.79 Å². The summed E-state index contributed by atoms with van der Waals surface area (Å²) in [5.74, 6) is -0.0786. The van der Waals surface area contributed by atoms with Crippen LogP contribution in [0.4, 0.5) is 0 Å². The van der Waals surface area contributed by atoms with Gasteiger partial charge in [0.2, 0.25) is 5.91 Å². The van der Waals surface area contributed by atoms with Crippen LogP contribution in [0.25, 0.3) is 10.9 Å². The van der Waals surface area contributed by atoms with Crippen molar-refractivity contribution in [3.63, 3.8) is 0 Å². The number of fused-ring (bicyclic) bond motifs is 1. The van der Waals surface area contributed by atoms with Crippen LogP contribution in [0.5, 0.6) is 0 Å². The van der Waals surface area contributed by atoms with Gasteiger partial charge in [-0.15, -0.1) is 5.10 Å². The Morgan fingerprint density at radius 3 is 2.62 bits per heavy atom. The molecule has 0 saturated carbocycles. The minimum absolute atomic E-state index is 0.0968. The van der Waals surface area contributed by atoms with Crippen LogP contribution in [0.3, 0.4) is 0 Å². The number of carbonyl (C=O) groups excluding carboxylic acids is 1. The average Bonchev–Trinajstić information content (AvgIpc) is 3.07. The van der Waals surface area contributed by atoms with Gasteiger partial charge in [-0.2, -0.15) is 0 Å². The van der Waals surface area contributed by atoms with Gasteiger partial charge in [-0.1, -0.05) is 47.7 Å². The van der Waals surface area contributed by atoms with E-state index in [1.165, 1.54) is 0 Å². The topological polar surface area (TPSA) is 94.1 Å². The number of rotatable bonds is 3. The third-order valence-corrected chi connectivity index (χ3v) is 4.86. The van der Waals surface area contributed by atoms with Gasteiger partial charge in [0, 0.05) is 25.0 Å². The number of benzene rings is 2. The van der Waals surface area contributed by atoms with Crippen molar-refractivity contribution in [1.82, 2.24) is 19.9 Å². The zero-order chi connectivity index (χ0) is 18.1. The number of aromatic nitrogens is 3. The lowest BCUT2D eigenvalue weighted by molar-refractivity contribution is -0.131. The van der Waals surface area contributed by atoms with Gasteiger partial charge >= 0.3 is 0 Å². The molecule has 132 valence electrons. The van der Waals surface area contributed by atoms with Crippen LogP contribution in [0.2, 0.25) is 0 Å². The molecule has 7 nitrogen and oxygen atoms in total. The van der Waals surface area contributed by atoms with Crippen LogP contribution >= 0.6 is 0 Å². The summed E-state index contributed by atoms with van der Waals surface area (Å²) in [5.41, 5.74) is 7.58. The standard InChI is InChI=1S/C19H19N5O2/c20-16-11-23(10-15(16)13-6-2-1-3-7-13)18(25)12-24-19(26)14-8-4-5-9-17(14)21-22-24/h1-9,15-16H,10-12,20H2/t15-,16+/m0/s1. The van der Waals surface area contributed by atoms with Gasteiger partial charge in [0.05, 0.1) is 5.39 Å². The van der Waals surface area contributed by atoms with E-state index in [1.807, 2.05) is 30.3 Å². The van der Waals surface area contributed by atoms with Crippen LogP contribution in [0, 0.1) is 0 Å². The molecule has 0 spiro atoms. The Kier molecular flexibility index (Phi) is 4.22. The highest BCUT2D eigenvalue weighted by Crippen LogP contribution is 2.26. The van der Waals surface area contributed by atoms with Gasteiger partial charge in [-0.25, -0.2) is 4.68 Å². The summed E-state index contributed by atoms with van der Waals surface area (Å²) in [6, 6.07) is 16.8. The molecule has 1 fully saturated rings. The SMILES string of the molecule is N[C@@H]1CN(C(=O)Cn2nnc3ccccc3c2=O)C[C@H]1c1ccccc1. The molecule has 0 unspecified atom stereocenters. The molecule has 2 heterocycles. The molecule has 3 aromatic rings. The van der Waals surface area contributed by atoms with Crippen LogP contribution in [0.15, 0.2) is 59.4 Å². The Hall–Kier alpha value is -3.06. The van der Waals surface area contributed by atoms with Crippen LogP contribution in [-0.2, 0) is 11.3 Å². The zero-order valence-electron chi connectivity index (χ0n) is 14.2. The first-order chi connectivity index (χ1) is 12.6. The van der Waals surface area contributed by atoms with Crippen molar-refractivity contribution in [2.24, 2.45) is 5.73 Å². The van der Waals surface area contributed by atoms with Crippen molar-refractivity contribution in [2.45, 2.75) is 18.5 Å². The maximum Gasteiger partial charge on any atom is 0.278 e. The molecule has 0 bridgehead atoms. The maximum atomic E-state index is 12.7. The maximum absolute atomic E-state index is 12.7. The van der Waals surface area contributed by atoms with E-state index in [9.17, 15) is 9.59 Å². The van der Waals surface area contributed by atoms with Gasteiger partial charge < -0.3 is 10.6 Å². The molecule has 1 aliphatic heterocycles. The van der Waals surface area contributed by atoms with Crippen molar-refractivity contribution in [3.05, 3.63) is 70.5 Å². The summed E-state index contributed by atoms with van der Waals surface area (Å²) in [4.78, 5) is 26.9. The molecule has 0 radical (unpaired) electrons. The van der Waals surface area contributed by atoms with E-state index in [1.54, 1.807) is 29.2 Å². The number of nitrogens with two attached hydrogens (primary N) is 1. The van der Waals surface area contributed by atoms with Crippen molar-refractivity contribution in [3.8, 4) is 0 Å². The van der Waals surface area contributed by atoms with Crippen molar-refractivity contribution in [2.75, 3.05) is 13.1 Å². The van der Waals surface area contributed by atoms with Crippen LogP contribution in [-0.4, -0.2) is 44.9 Å². The van der Waals surface area contributed by atoms with E-state index in [2.05, 4.69) is 10.3 Å². The van der Waals surface area contributed by atoms with E-state index in [4.69, 9.17) is 5.73 Å². The summed E-state index contributed by atoms with van der Waals surface area (Å²) in [6.07, 6.45) is 0. The molecule has 2 aromatic carbocycles. The van der Waals surface area contributed by atoms with E-state index >= 15 is 0 Å². The van der Waals surface area contributed by atoms with Crippen molar-refractivity contribution >= 4 is 16.8 Å². The number of likely N-dealkylation sites (tertiary alicyclic amines) is 1. The molecule has 1 aliphatic rings. The van der Waals surface area contributed by atoms with Crippen LogP contribution < -0.4 is 11.3 Å². The third-order valence-electron chi connectivity index (χ3n) is 4.86. The Balaban J connectivity index is 1.52. The van der Waals surface area contributed by atoms with Crippen LogP contribution in [0.1, 0.15) is 11.5 Å². The zero-order valence-corrected chi connectivity index (χ0v) is 14.2. The number of hydrogen-bond donors (Lipinski definition) is 1. The van der Waals surface area contributed by atoms with Gasteiger partial charge in [0.1, 0.15) is 12.1 Å². The summed E-state index contributed by atoms with van der Waals surface area (Å²) >= 11 is 0.